The molecule has 0 saturated heterocycles. The fourth-order valence-electron chi connectivity index (χ4n) is 2.15. The second-order valence-corrected chi connectivity index (χ2v) is 7.07. The van der Waals surface area contributed by atoms with Crippen LogP contribution in [-0.4, -0.2) is 24.0 Å². The van der Waals surface area contributed by atoms with Gasteiger partial charge in [0.2, 0.25) is 0 Å². The van der Waals surface area contributed by atoms with Crippen LogP contribution in [0.15, 0.2) is 65.1 Å². The Labute approximate surface area is 179 Å². The number of rotatable bonds is 5. The lowest BCUT2D eigenvalue weighted by Crippen LogP contribution is -2.32. The van der Waals surface area contributed by atoms with Crippen molar-refractivity contribution >= 4 is 52.6 Å². The maximum atomic E-state index is 13.1. The zero-order chi connectivity index (χ0) is 21.5. The van der Waals surface area contributed by atoms with Crippen LogP contribution in [0.25, 0.3) is 0 Å². The van der Waals surface area contributed by atoms with Gasteiger partial charge in [-0.05, 0) is 59.5 Å². The SMILES string of the molecule is O=C(NN=Cc1ccc(OC(=O)c2cccs2)cc1)C(=O)Nc1ccc(F)c(Cl)c1. The van der Waals surface area contributed by atoms with Crippen molar-refractivity contribution in [2.75, 3.05) is 5.32 Å². The van der Waals surface area contributed by atoms with Gasteiger partial charge in [-0.3, -0.25) is 9.59 Å². The summed E-state index contributed by atoms with van der Waals surface area (Å²) in [5, 5.41) is 7.55. The number of anilines is 1. The summed E-state index contributed by atoms with van der Waals surface area (Å²) in [5.41, 5.74) is 2.83. The van der Waals surface area contributed by atoms with Crippen LogP contribution >= 0.6 is 22.9 Å². The lowest BCUT2D eigenvalue weighted by atomic mass is 10.2. The van der Waals surface area contributed by atoms with E-state index in [-0.39, 0.29) is 10.7 Å². The molecule has 0 spiro atoms. The molecule has 152 valence electrons. The van der Waals surface area contributed by atoms with Crippen molar-refractivity contribution in [1.29, 1.82) is 0 Å². The molecule has 0 fully saturated rings. The second-order valence-electron chi connectivity index (χ2n) is 5.72. The van der Waals surface area contributed by atoms with Gasteiger partial charge in [0.1, 0.15) is 16.4 Å². The first-order valence-electron chi connectivity index (χ1n) is 8.37. The van der Waals surface area contributed by atoms with Crippen LogP contribution in [0, 0.1) is 5.82 Å². The Hall–Kier alpha value is -3.56. The second kappa shape index (κ2) is 9.77. The summed E-state index contributed by atoms with van der Waals surface area (Å²) in [6.45, 7) is 0. The molecule has 3 rings (SSSR count). The van der Waals surface area contributed by atoms with Crippen LogP contribution in [0.3, 0.4) is 0 Å². The molecule has 3 aromatic rings. The number of nitrogens with one attached hydrogen (secondary N) is 2. The third-order valence-corrected chi connectivity index (χ3v) is 4.72. The number of ether oxygens (including phenoxy) is 1. The van der Waals surface area contributed by atoms with Gasteiger partial charge < -0.3 is 10.1 Å². The monoisotopic (exact) mass is 445 g/mol. The molecule has 0 radical (unpaired) electrons. The Morgan fingerprint density at radius 3 is 2.50 bits per heavy atom. The minimum atomic E-state index is -1.02. The first-order valence-corrected chi connectivity index (χ1v) is 9.63. The van der Waals surface area contributed by atoms with Crippen molar-refractivity contribution in [3.63, 3.8) is 0 Å². The maximum Gasteiger partial charge on any atom is 0.353 e. The molecule has 0 unspecified atom stereocenters. The molecule has 1 heterocycles. The zero-order valence-electron chi connectivity index (χ0n) is 15.1. The number of hydrazone groups is 1. The molecule has 2 N–H and O–H groups in total. The smallest absolute Gasteiger partial charge is 0.353 e. The van der Waals surface area contributed by atoms with Crippen LogP contribution in [0.5, 0.6) is 5.75 Å². The van der Waals surface area contributed by atoms with Gasteiger partial charge in [0.15, 0.2) is 0 Å². The van der Waals surface area contributed by atoms with Gasteiger partial charge >= 0.3 is 17.8 Å². The first kappa shape index (κ1) is 21.2. The highest BCUT2D eigenvalue weighted by molar-refractivity contribution is 7.12. The summed E-state index contributed by atoms with van der Waals surface area (Å²) < 4.78 is 18.3. The lowest BCUT2D eigenvalue weighted by molar-refractivity contribution is -0.136. The predicted octanol–water partition coefficient (Wildman–Crippen LogP) is 3.85. The topological polar surface area (TPSA) is 96.9 Å². The van der Waals surface area contributed by atoms with Crippen LogP contribution < -0.4 is 15.5 Å². The molecule has 1 aromatic heterocycles. The van der Waals surface area contributed by atoms with Crippen molar-refractivity contribution in [2.45, 2.75) is 0 Å². The minimum absolute atomic E-state index is 0.165. The number of carbonyl (C=O) groups excluding carboxylic acids is 3. The van der Waals surface area contributed by atoms with Crippen LogP contribution in [0.2, 0.25) is 5.02 Å². The third kappa shape index (κ3) is 5.72. The van der Waals surface area contributed by atoms with Crippen molar-refractivity contribution in [3.8, 4) is 5.75 Å². The number of amides is 2. The predicted molar refractivity (Wildman–Crippen MR) is 111 cm³/mol. The van der Waals surface area contributed by atoms with E-state index in [9.17, 15) is 18.8 Å². The standard InChI is InChI=1S/C20H13ClFN3O4S/c21-15-10-13(5-8-16(15)22)24-18(26)19(27)25-23-11-12-3-6-14(7-4-12)29-20(28)17-2-1-9-30-17/h1-11H,(H,24,26)(H,25,27). The number of hydrogen-bond acceptors (Lipinski definition) is 6. The molecular weight excluding hydrogens is 433 g/mol. The van der Waals surface area contributed by atoms with Gasteiger partial charge in [-0.25, -0.2) is 14.6 Å². The van der Waals surface area contributed by atoms with E-state index in [0.717, 1.165) is 6.07 Å². The van der Waals surface area contributed by atoms with E-state index in [1.807, 2.05) is 0 Å². The van der Waals surface area contributed by atoms with Crippen molar-refractivity contribution < 1.29 is 23.5 Å². The number of halogens is 2. The van der Waals surface area contributed by atoms with Gasteiger partial charge in [0.05, 0.1) is 11.2 Å². The van der Waals surface area contributed by atoms with Gasteiger partial charge in [-0.1, -0.05) is 17.7 Å². The van der Waals surface area contributed by atoms with Crippen molar-refractivity contribution in [2.24, 2.45) is 5.10 Å². The maximum absolute atomic E-state index is 13.1. The average molecular weight is 446 g/mol. The highest BCUT2D eigenvalue weighted by atomic mass is 35.5. The lowest BCUT2D eigenvalue weighted by Gasteiger charge is -2.05. The number of benzene rings is 2. The number of hydrogen-bond donors (Lipinski definition) is 2. The fourth-order valence-corrected chi connectivity index (χ4v) is 2.93. The van der Waals surface area contributed by atoms with E-state index >= 15 is 0 Å². The molecule has 0 bridgehead atoms. The zero-order valence-corrected chi connectivity index (χ0v) is 16.7. The normalized spacial score (nSPS) is 10.6. The summed E-state index contributed by atoms with van der Waals surface area (Å²) in [5.74, 6) is -2.76. The number of esters is 1. The largest absolute Gasteiger partial charge is 0.422 e. The van der Waals surface area contributed by atoms with E-state index < -0.39 is 23.6 Å². The molecular formula is C20H13ClFN3O4S. The van der Waals surface area contributed by atoms with E-state index in [4.69, 9.17) is 16.3 Å². The summed E-state index contributed by atoms with van der Waals surface area (Å²) in [6, 6.07) is 13.3. The van der Waals surface area contributed by atoms with Crippen LogP contribution in [0.1, 0.15) is 15.2 Å². The van der Waals surface area contributed by atoms with Gasteiger partial charge in [0.25, 0.3) is 0 Å². The first-order chi connectivity index (χ1) is 14.4. The minimum Gasteiger partial charge on any atom is -0.422 e. The highest BCUT2D eigenvalue weighted by Gasteiger charge is 2.14. The quantitative estimate of drug-likeness (QED) is 0.205. The molecule has 30 heavy (non-hydrogen) atoms. The molecule has 0 aliphatic carbocycles. The molecule has 2 aromatic carbocycles. The molecule has 7 nitrogen and oxygen atoms in total. The Morgan fingerprint density at radius 2 is 1.83 bits per heavy atom. The van der Waals surface area contributed by atoms with Crippen LogP contribution in [0.4, 0.5) is 10.1 Å². The Morgan fingerprint density at radius 1 is 1.07 bits per heavy atom. The molecule has 0 aliphatic heterocycles. The van der Waals surface area contributed by atoms with E-state index in [1.165, 1.54) is 29.7 Å². The molecule has 10 heteroatoms. The summed E-state index contributed by atoms with van der Waals surface area (Å²) in [4.78, 5) is 36.0. The van der Waals surface area contributed by atoms with Gasteiger partial charge in [-0.15, -0.1) is 11.3 Å². The van der Waals surface area contributed by atoms with Crippen molar-refractivity contribution in [3.05, 3.63) is 81.3 Å². The number of nitrogens with zero attached hydrogens (tertiary/aromatic N) is 1. The van der Waals surface area contributed by atoms with E-state index in [1.54, 1.807) is 41.8 Å². The third-order valence-electron chi connectivity index (χ3n) is 3.58. The molecule has 2 amide bonds. The Kier molecular flexibility index (Phi) is 6.89. The Balaban J connectivity index is 1.50. The highest BCUT2D eigenvalue weighted by Crippen LogP contribution is 2.19. The van der Waals surface area contributed by atoms with E-state index in [2.05, 4.69) is 15.8 Å². The summed E-state index contributed by atoms with van der Waals surface area (Å²) >= 11 is 6.89. The summed E-state index contributed by atoms with van der Waals surface area (Å²) in [6.07, 6.45) is 1.31. The molecule has 0 atom stereocenters. The van der Waals surface area contributed by atoms with E-state index in [0.29, 0.717) is 16.2 Å². The molecule has 0 saturated carbocycles. The number of thiophene rings is 1. The van der Waals surface area contributed by atoms with Crippen molar-refractivity contribution in [1.82, 2.24) is 5.43 Å². The Bertz CT molecular complexity index is 1100. The van der Waals surface area contributed by atoms with Crippen LogP contribution in [-0.2, 0) is 9.59 Å². The fraction of sp³-hybridized carbons (Fsp3) is 0. The summed E-state index contributed by atoms with van der Waals surface area (Å²) in [7, 11) is 0. The average Bonchev–Trinajstić information content (AvgIpc) is 3.27. The van der Waals surface area contributed by atoms with Gasteiger partial charge in [-0.2, -0.15) is 5.10 Å². The van der Waals surface area contributed by atoms with Gasteiger partial charge in [0, 0.05) is 5.69 Å². The number of carbonyl (C=O) groups is 3. The molecule has 0 aliphatic rings.